The number of ether oxygens (including phenoxy) is 2. The molecule has 1 aromatic heterocycles. The van der Waals surface area contributed by atoms with Crippen molar-refractivity contribution < 1.29 is 22.7 Å². The van der Waals surface area contributed by atoms with Gasteiger partial charge in [0, 0.05) is 17.8 Å². The molecule has 0 saturated heterocycles. The Morgan fingerprint density at radius 1 is 1.03 bits per heavy atom. The van der Waals surface area contributed by atoms with E-state index >= 15 is 0 Å². The Bertz CT molecular complexity index is 1550. The number of benzene rings is 3. The van der Waals surface area contributed by atoms with Gasteiger partial charge in [-0.25, -0.2) is 8.42 Å². The van der Waals surface area contributed by atoms with E-state index in [1.807, 2.05) is 22.8 Å². The second-order valence-electron chi connectivity index (χ2n) is 7.39. The number of carbonyl (C=O) groups excluding carboxylic acids is 1. The summed E-state index contributed by atoms with van der Waals surface area (Å²) in [6.45, 7) is 4.28. The monoisotopic (exact) mass is 509 g/mol. The van der Waals surface area contributed by atoms with E-state index in [-0.39, 0.29) is 4.90 Å². The Hall–Kier alpha value is -3.89. The van der Waals surface area contributed by atoms with Crippen molar-refractivity contribution in [3.63, 3.8) is 0 Å². The van der Waals surface area contributed by atoms with Crippen molar-refractivity contribution in [3.05, 3.63) is 89.7 Å². The number of allylic oxidation sites excluding steroid dienone is 1. The highest BCUT2D eigenvalue weighted by molar-refractivity contribution is 7.92. The van der Waals surface area contributed by atoms with Gasteiger partial charge < -0.3 is 14.0 Å². The Kier molecular flexibility index (Phi) is 7.04. The molecular formula is C25H23N3O5S2. The number of hydrogen-bond acceptors (Lipinski definition) is 6. The first-order valence-electron chi connectivity index (χ1n) is 10.5. The summed E-state index contributed by atoms with van der Waals surface area (Å²) < 4.78 is 41.0. The van der Waals surface area contributed by atoms with Gasteiger partial charge in [-0.15, -0.1) is 6.58 Å². The first-order chi connectivity index (χ1) is 16.8. The van der Waals surface area contributed by atoms with Crippen molar-refractivity contribution in [3.8, 4) is 11.5 Å². The number of rotatable bonds is 8. The molecule has 0 unspecified atom stereocenters. The van der Waals surface area contributed by atoms with Crippen LogP contribution in [0.5, 0.6) is 11.5 Å². The van der Waals surface area contributed by atoms with Gasteiger partial charge in [-0.05, 0) is 66.7 Å². The van der Waals surface area contributed by atoms with Crippen LogP contribution in [0.1, 0.15) is 10.4 Å². The lowest BCUT2D eigenvalue weighted by atomic mass is 10.2. The van der Waals surface area contributed by atoms with Crippen LogP contribution in [-0.2, 0) is 16.6 Å². The summed E-state index contributed by atoms with van der Waals surface area (Å²) >= 11 is 1.37. The molecule has 35 heavy (non-hydrogen) atoms. The van der Waals surface area contributed by atoms with Gasteiger partial charge in [-0.1, -0.05) is 17.4 Å². The second-order valence-corrected chi connectivity index (χ2v) is 10.1. The first kappa shape index (κ1) is 24.2. The maximum atomic E-state index is 12.9. The molecule has 1 N–H and O–H groups in total. The van der Waals surface area contributed by atoms with E-state index < -0.39 is 15.9 Å². The Morgan fingerprint density at radius 3 is 2.31 bits per heavy atom. The largest absolute Gasteiger partial charge is 0.497 e. The third-order valence-electron chi connectivity index (χ3n) is 5.15. The number of anilines is 1. The van der Waals surface area contributed by atoms with Crippen LogP contribution in [0.2, 0.25) is 0 Å². The summed E-state index contributed by atoms with van der Waals surface area (Å²) in [7, 11) is -0.681. The van der Waals surface area contributed by atoms with E-state index in [0.717, 1.165) is 16.0 Å². The zero-order valence-corrected chi connectivity index (χ0v) is 20.7. The van der Waals surface area contributed by atoms with Gasteiger partial charge in [0.15, 0.2) is 4.80 Å². The minimum atomic E-state index is -3.79. The van der Waals surface area contributed by atoms with Gasteiger partial charge in [0.25, 0.3) is 15.9 Å². The van der Waals surface area contributed by atoms with Gasteiger partial charge in [0.05, 0.1) is 29.3 Å². The molecule has 4 aromatic rings. The molecule has 0 aliphatic carbocycles. The van der Waals surface area contributed by atoms with Crippen molar-refractivity contribution >= 4 is 43.2 Å². The van der Waals surface area contributed by atoms with Crippen LogP contribution in [0.25, 0.3) is 10.2 Å². The molecular weight excluding hydrogens is 486 g/mol. The van der Waals surface area contributed by atoms with Crippen molar-refractivity contribution in [2.75, 3.05) is 18.9 Å². The Morgan fingerprint density at radius 2 is 1.69 bits per heavy atom. The van der Waals surface area contributed by atoms with E-state index in [1.165, 1.54) is 54.8 Å². The maximum absolute atomic E-state index is 12.9. The molecule has 0 aliphatic rings. The molecule has 0 saturated carbocycles. The van der Waals surface area contributed by atoms with E-state index in [9.17, 15) is 13.2 Å². The smallest absolute Gasteiger partial charge is 0.279 e. The number of nitrogens with one attached hydrogen (secondary N) is 1. The summed E-state index contributed by atoms with van der Waals surface area (Å²) in [5, 5.41) is 0. The zero-order chi connectivity index (χ0) is 25.0. The summed E-state index contributed by atoms with van der Waals surface area (Å²) in [4.78, 5) is 17.8. The first-order valence-corrected chi connectivity index (χ1v) is 12.8. The van der Waals surface area contributed by atoms with Crippen LogP contribution in [0.3, 0.4) is 0 Å². The van der Waals surface area contributed by atoms with E-state index in [0.29, 0.717) is 28.3 Å². The third kappa shape index (κ3) is 5.28. The van der Waals surface area contributed by atoms with Gasteiger partial charge in [0.2, 0.25) is 0 Å². The molecule has 0 bridgehead atoms. The van der Waals surface area contributed by atoms with E-state index in [1.54, 1.807) is 25.3 Å². The quantitative estimate of drug-likeness (QED) is 0.354. The van der Waals surface area contributed by atoms with E-state index in [4.69, 9.17) is 9.47 Å². The van der Waals surface area contributed by atoms with Gasteiger partial charge in [-0.2, -0.15) is 4.99 Å². The predicted molar refractivity (Wildman–Crippen MR) is 137 cm³/mol. The fourth-order valence-corrected chi connectivity index (χ4v) is 5.50. The second kappa shape index (κ2) is 10.2. The number of nitrogens with zero attached hydrogens (tertiary/aromatic N) is 2. The van der Waals surface area contributed by atoms with Crippen LogP contribution in [0, 0.1) is 0 Å². The highest BCUT2D eigenvalue weighted by Crippen LogP contribution is 2.24. The molecule has 1 amide bonds. The molecule has 0 spiro atoms. The molecule has 180 valence electrons. The molecule has 4 rings (SSSR count). The molecule has 0 atom stereocenters. The number of carbonyl (C=O) groups is 1. The van der Waals surface area contributed by atoms with Gasteiger partial charge in [-0.3, -0.25) is 9.52 Å². The van der Waals surface area contributed by atoms with Crippen LogP contribution < -0.4 is 19.0 Å². The summed E-state index contributed by atoms with van der Waals surface area (Å²) in [6.07, 6.45) is 1.74. The molecule has 10 heteroatoms. The molecule has 0 radical (unpaired) electrons. The van der Waals surface area contributed by atoms with Crippen LogP contribution in [0.15, 0.2) is 89.3 Å². The molecule has 0 aliphatic heterocycles. The van der Waals surface area contributed by atoms with E-state index in [2.05, 4.69) is 16.3 Å². The highest BCUT2D eigenvalue weighted by Gasteiger charge is 2.15. The molecule has 8 nitrogen and oxygen atoms in total. The fourth-order valence-electron chi connectivity index (χ4n) is 3.37. The average Bonchev–Trinajstić information content (AvgIpc) is 3.20. The van der Waals surface area contributed by atoms with Crippen molar-refractivity contribution in [1.82, 2.24) is 4.57 Å². The predicted octanol–water partition coefficient (Wildman–Crippen LogP) is 4.45. The van der Waals surface area contributed by atoms with Crippen LogP contribution >= 0.6 is 11.3 Å². The zero-order valence-electron chi connectivity index (χ0n) is 19.1. The normalized spacial score (nSPS) is 11.9. The topological polar surface area (TPSA) is 99.0 Å². The summed E-state index contributed by atoms with van der Waals surface area (Å²) in [5.74, 6) is 0.837. The summed E-state index contributed by atoms with van der Waals surface area (Å²) in [6, 6.07) is 17.8. The molecule has 1 heterocycles. The lowest BCUT2D eigenvalue weighted by Gasteiger charge is -2.09. The molecule has 0 fully saturated rings. The van der Waals surface area contributed by atoms with Crippen molar-refractivity contribution in [2.24, 2.45) is 4.99 Å². The molecule has 3 aromatic carbocycles. The minimum absolute atomic E-state index is 0.0987. The number of thiazole rings is 1. The lowest BCUT2D eigenvalue weighted by Crippen LogP contribution is -2.16. The van der Waals surface area contributed by atoms with Crippen molar-refractivity contribution in [1.29, 1.82) is 0 Å². The van der Waals surface area contributed by atoms with Gasteiger partial charge in [0.1, 0.15) is 11.5 Å². The van der Waals surface area contributed by atoms with Crippen LogP contribution in [0.4, 0.5) is 5.69 Å². The standard InChI is InChI=1S/C25H23N3O5S2/c1-4-15-28-22-14-11-20(33-3)16-23(22)34-25(28)26-24(29)17-5-7-18(8-6-17)27-35(30,31)21-12-9-19(32-2)10-13-21/h4-14,16,27H,1,15H2,2-3H3. The van der Waals surface area contributed by atoms with Crippen LogP contribution in [-0.4, -0.2) is 33.1 Å². The third-order valence-corrected chi connectivity index (χ3v) is 7.59. The Balaban J connectivity index is 1.59. The number of sulfonamides is 1. The Labute approximate surface area is 206 Å². The summed E-state index contributed by atoms with van der Waals surface area (Å²) in [5.41, 5.74) is 1.58. The minimum Gasteiger partial charge on any atom is -0.497 e. The number of amides is 1. The van der Waals surface area contributed by atoms with Crippen molar-refractivity contribution in [2.45, 2.75) is 11.4 Å². The average molecular weight is 510 g/mol. The lowest BCUT2D eigenvalue weighted by molar-refractivity contribution is 0.0998. The number of aromatic nitrogens is 1. The number of hydrogen-bond donors (Lipinski definition) is 1. The fraction of sp³-hybridized carbons (Fsp3) is 0.120. The SMILES string of the molecule is C=CCn1c(=NC(=O)c2ccc(NS(=O)(=O)c3ccc(OC)cc3)cc2)sc2cc(OC)ccc21. The maximum Gasteiger partial charge on any atom is 0.279 e. The highest BCUT2D eigenvalue weighted by atomic mass is 32.2. The van der Waals surface area contributed by atoms with Gasteiger partial charge >= 0.3 is 0 Å². The number of fused-ring (bicyclic) bond motifs is 1. The number of methoxy groups -OCH3 is 2.